The van der Waals surface area contributed by atoms with E-state index >= 15 is 0 Å². The monoisotopic (exact) mass is 211 g/mol. The van der Waals surface area contributed by atoms with Crippen LogP contribution >= 0.6 is 0 Å². The third kappa shape index (κ3) is 2.27. The molecule has 0 saturated carbocycles. The van der Waals surface area contributed by atoms with Crippen molar-refractivity contribution in [2.45, 2.75) is 32.1 Å². The topological polar surface area (TPSA) is 0 Å². The molecule has 1 unspecified atom stereocenters. The fraction of sp³-hybridized carbons (Fsp3) is 0.312. The van der Waals surface area contributed by atoms with Crippen molar-refractivity contribution in [3.63, 3.8) is 0 Å². The summed E-state index contributed by atoms with van der Waals surface area (Å²) in [5, 5.41) is 2.68. The highest BCUT2D eigenvalue weighted by Crippen LogP contribution is 2.27. The van der Waals surface area contributed by atoms with Gasteiger partial charge in [-0.25, -0.2) is 0 Å². The minimum Gasteiger partial charge on any atom is -0.0648 e. The Bertz CT molecular complexity index is 456. The lowest BCUT2D eigenvalue weighted by atomic mass is 9.91. The highest BCUT2D eigenvalue weighted by Gasteiger charge is 2.08. The predicted molar refractivity (Wildman–Crippen MR) is 71.6 cm³/mol. The maximum Gasteiger partial charge on any atom is -0.0164 e. The van der Waals surface area contributed by atoms with Crippen LogP contribution in [0.5, 0.6) is 0 Å². The van der Waals surface area contributed by atoms with Crippen LogP contribution in [-0.4, -0.2) is 0 Å². The molecule has 2 aromatic rings. The van der Waals surface area contributed by atoms with Gasteiger partial charge in [0.15, 0.2) is 0 Å². The van der Waals surface area contributed by atoms with E-state index in [-0.39, 0.29) is 0 Å². The minimum absolute atomic E-state index is 0.669. The summed E-state index contributed by atoms with van der Waals surface area (Å²) in [6.45, 7) is 6.22. The van der Waals surface area contributed by atoms with Gasteiger partial charge in [-0.2, -0.15) is 0 Å². The third-order valence-electron chi connectivity index (χ3n) is 3.29. The Balaban J connectivity index is 2.37. The molecule has 2 aromatic carbocycles. The van der Waals surface area contributed by atoms with Gasteiger partial charge in [0.1, 0.15) is 0 Å². The highest BCUT2D eigenvalue weighted by molar-refractivity contribution is 5.83. The molecule has 0 aromatic heterocycles. The molecule has 83 valence electrons. The van der Waals surface area contributed by atoms with Crippen LogP contribution in [0.3, 0.4) is 0 Å². The van der Waals surface area contributed by atoms with E-state index in [4.69, 9.17) is 0 Å². The van der Waals surface area contributed by atoms with Crippen LogP contribution in [0.2, 0.25) is 0 Å². The molecule has 0 amide bonds. The second kappa shape index (κ2) is 5.16. The molecule has 0 spiro atoms. The van der Waals surface area contributed by atoms with Gasteiger partial charge >= 0.3 is 0 Å². The first-order chi connectivity index (χ1) is 7.85. The molecule has 0 nitrogen and oxygen atoms in total. The van der Waals surface area contributed by atoms with Crippen LogP contribution in [0, 0.1) is 6.92 Å². The van der Waals surface area contributed by atoms with Crippen LogP contribution in [0.15, 0.2) is 42.5 Å². The normalized spacial score (nSPS) is 12.9. The number of hydrogen-bond acceptors (Lipinski definition) is 0. The van der Waals surface area contributed by atoms with E-state index in [1.807, 2.05) is 0 Å². The van der Waals surface area contributed by atoms with Gasteiger partial charge in [-0.3, -0.25) is 0 Å². The zero-order valence-electron chi connectivity index (χ0n) is 9.95. The van der Waals surface area contributed by atoms with Gasteiger partial charge < -0.3 is 0 Å². The van der Waals surface area contributed by atoms with Crippen molar-refractivity contribution in [2.24, 2.45) is 0 Å². The van der Waals surface area contributed by atoms with Crippen molar-refractivity contribution >= 4 is 10.8 Å². The number of rotatable bonds is 4. The molecular weight excluding hydrogens is 192 g/mol. The molecule has 0 bridgehead atoms. The van der Waals surface area contributed by atoms with E-state index in [0.717, 1.165) is 6.42 Å². The molecule has 16 heavy (non-hydrogen) atoms. The van der Waals surface area contributed by atoms with Crippen molar-refractivity contribution in [2.75, 3.05) is 0 Å². The third-order valence-corrected chi connectivity index (χ3v) is 3.29. The summed E-state index contributed by atoms with van der Waals surface area (Å²) in [4.78, 5) is 0. The van der Waals surface area contributed by atoms with E-state index in [9.17, 15) is 0 Å². The Morgan fingerprint density at radius 2 is 1.81 bits per heavy atom. The van der Waals surface area contributed by atoms with Gasteiger partial charge in [0.25, 0.3) is 0 Å². The molecule has 1 atom stereocenters. The van der Waals surface area contributed by atoms with Gasteiger partial charge in [-0.1, -0.05) is 62.7 Å². The lowest BCUT2D eigenvalue weighted by Crippen LogP contribution is -1.96. The molecule has 0 heterocycles. The van der Waals surface area contributed by atoms with E-state index in [1.165, 1.54) is 29.2 Å². The first-order valence-corrected chi connectivity index (χ1v) is 6.13. The SMILES string of the molecule is [CH2]CCC(CC)c1ccc2ccccc2c1. The summed E-state index contributed by atoms with van der Waals surface area (Å²) in [6.07, 6.45) is 3.41. The molecule has 0 heteroatoms. The summed E-state index contributed by atoms with van der Waals surface area (Å²) in [7, 11) is 0. The lowest BCUT2D eigenvalue weighted by Gasteiger charge is -2.14. The van der Waals surface area contributed by atoms with E-state index < -0.39 is 0 Å². The van der Waals surface area contributed by atoms with Gasteiger partial charge in [0.2, 0.25) is 0 Å². The van der Waals surface area contributed by atoms with Crippen LogP contribution in [-0.2, 0) is 0 Å². The Hall–Kier alpha value is -1.30. The molecule has 0 aliphatic carbocycles. The maximum absolute atomic E-state index is 3.96. The van der Waals surface area contributed by atoms with Crippen LogP contribution < -0.4 is 0 Å². The minimum atomic E-state index is 0.669. The van der Waals surface area contributed by atoms with E-state index in [2.05, 4.69) is 56.3 Å². The van der Waals surface area contributed by atoms with E-state index in [1.54, 1.807) is 0 Å². The Kier molecular flexibility index (Phi) is 3.61. The fourth-order valence-electron chi connectivity index (χ4n) is 2.31. The molecule has 0 saturated heterocycles. The van der Waals surface area contributed by atoms with Gasteiger partial charge in [-0.15, -0.1) is 0 Å². The largest absolute Gasteiger partial charge is 0.0648 e. The molecule has 1 radical (unpaired) electrons. The summed E-state index contributed by atoms with van der Waals surface area (Å²) in [5.74, 6) is 0.669. The van der Waals surface area contributed by atoms with Crippen molar-refractivity contribution in [3.8, 4) is 0 Å². The summed E-state index contributed by atoms with van der Waals surface area (Å²) < 4.78 is 0. The lowest BCUT2D eigenvalue weighted by molar-refractivity contribution is 0.613. The molecule has 2 rings (SSSR count). The number of hydrogen-bond donors (Lipinski definition) is 0. The standard InChI is InChI=1S/C16H19/c1-3-7-13(4-2)16-11-10-14-8-5-6-9-15(14)12-16/h5-6,8-13H,1,3-4,7H2,2H3. The first-order valence-electron chi connectivity index (χ1n) is 6.13. The summed E-state index contributed by atoms with van der Waals surface area (Å²) in [6, 6.07) is 15.4. The molecular formula is C16H19. The summed E-state index contributed by atoms with van der Waals surface area (Å²) in [5.41, 5.74) is 1.46. The molecule has 0 fully saturated rings. The van der Waals surface area contributed by atoms with Crippen molar-refractivity contribution in [1.82, 2.24) is 0 Å². The van der Waals surface area contributed by atoms with Crippen molar-refractivity contribution in [3.05, 3.63) is 55.0 Å². The molecule has 0 aliphatic rings. The van der Waals surface area contributed by atoms with Gasteiger partial charge in [0, 0.05) is 0 Å². The predicted octanol–water partition coefficient (Wildman–Crippen LogP) is 4.95. The van der Waals surface area contributed by atoms with Gasteiger partial charge in [-0.05, 0) is 35.1 Å². The Labute approximate surface area is 98.3 Å². The zero-order chi connectivity index (χ0) is 11.4. The smallest absolute Gasteiger partial charge is 0.0164 e. The first kappa shape index (κ1) is 11.2. The number of fused-ring (bicyclic) bond motifs is 1. The molecule has 0 aliphatic heterocycles. The Morgan fingerprint density at radius 1 is 1.06 bits per heavy atom. The fourth-order valence-corrected chi connectivity index (χ4v) is 2.31. The average molecular weight is 211 g/mol. The zero-order valence-corrected chi connectivity index (χ0v) is 9.95. The highest BCUT2D eigenvalue weighted by atomic mass is 14.1. The van der Waals surface area contributed by atoms with Crippen LogP contribution in [0.1, 0.15) is 37.7 Å². The van der Waals surface area contributed by atoms with Crippen molar-refractivity contribution in [1.29, 1.82) is 0 Å². The second-order valence-electron chi connectivity index (χ2n) is 4.35. The van der Waals surface area contributed by atoms with Crippen molar-refractivity contribution < 1.29 is 0 Å². The summed E-state index contributed by atoms with van der Waals surface area (Å²) >= 11 is 0. The van der Waals surface area contributed by atoms with E-state index in [0.29, 0.717) is 5.92 Å². The quantitative estimate of drug-likeness (QED) is 0.671. The maximum atomic E-state index is 3.96. The number of benzene rings is 2. The van der Waals surface area contributed by atoms with Gasteiger partial charge in [0.05, 0.1) is 0 Å². The molecule has 0 N–H and O–H groups in total. The van der Waals surface area contributed by atoms with Crippen LogP contribution in [0.25, 0.3) is 10.8 Å². The average Bonchev–Trinajstić information content (AvgIpc) is 2.35. The second-order valence-corrected chi connectivity index (χ2v) is 4.35. The Morgan fingerprint density at radius 3 is 2.50 bits per heavy atom. The van der Waals surface area contributed by atoms with Crippen LogP contribution in [0.4, 0.5) is 0 Å².